The Morgan fingerprint density at radius 3 is 1.52 bits per heavy atom. The number of nitrogens with one attached hydrogen (secondary N) is 3. The molecule has 5 heterocycles. The largest absolute Gasteiger partial charge is 0.354 e. The van der Waals surface area contributed by atoms with Crippen molar-refractivity contribution in [1.82, 2.24) is 19.9 Å². The summed E-state index contributed by atoms with van der Waals surface area (Å²) in [5.41, 5.74) is 10.9. The number of aromatic amines is 3. The summed E-state index contributed by atoms with van der Waals surface area (Å²) in [4.78, 5) is 40.0. The first-order valence-corrected chi connectivity index (χ1v) is 16.1. The van der Waals surface area contributed by atoms with Crippen LogP contribution in [0.25, 0.3) is 78.3 Å². The van der Waals surface area contributed by atoms with E-state index in [9.17, 15) is 20.2 Å². The van der Waals surface area contributed by atoms with Crippen molar-refractivity contribution < 1.29 is 9.85 Å². The lowest BCUT2D eigenvalue weighted by molar-refractivity contribution is -0.382. The van der Waals surface area contributed by atoms with E-state index in [1.807, 2.05) is 118 Å². The van der Waals surface area contributed by atoms with E-state index in [1.165, 1.54) is 6.08 Å². The third kappa shape index (κ3) is 5.19. The van der Waals surface area contributed by atoms with E-state index in [0.29, 0.717) is 55.5 Å². The van der Waals surface area contributed by atoms with Crippen LogP contribution in [0, 0.1) is 41.0 Å². The number of hydrogen-bond donors (Lipinski definition) is 3. The highest BCUT2D eigenvalue weighted by molar-refractivity contribution is 6.04. The lowest BCUT2D eigenvalue weighted by atomic mass is 10.0. The first-order valence-electron chi connectivity index (χ1n) is 16.1. The Balaban J connectivity index is 1.63. The van der Waals surface area contributed by atoms with Gasteiger partial charge in [0.15, 0.2) is 5.69 Å². The van der Waals surface area contributed by atoms with E-state index in [-0.39, 0.29) is 22.0 Å². The van der Waals surface area contributed by atoms with Gasteiger partial charge >= 0.3 is 0 Å². The number of fused-ring (bicyclic) bond motifs is 9. The molecule has 0 radical (unpaired) electrons. The van der Waals surface area contributed by atoms with E-state index in [1.54, 1.807) is 6.07 Å². The minimum absolute atomic E-state index is 0.0888. The van der Waals surface area contributed by atoms with Crippen LogP contribution in [0.5, 0.6) is 0 Å². The molecule has 3 N–H and O–H groups in total. The van der Waals surface area contributed by atoms with E-state index in [4.69, 9.17) is 4.98 Å². The van der Waals surface area contributed by atoms with Crippen molar-refractivity contribution in [2.75, 3.05) is 0 Å². The van der Waals surface area contributed by atoms with E-state index >= 15 is 0 Å². The standard InChI is InChI=1S/C40H30N6O4/c1-22-4-10-25(11-5-22)36-29-17-16-28(41-29)32-20-34(45(47)48)39(43-32)37(26-12-6-23(2)7-13-26)30-18-19-31(42-30)38(27-14-8-24(3)9-15-27)40-35(46(49)50)21-33(36)44-40/h4-21,41-42,44H,1-3H3. The molecule has 7 aromatic rings. The quantitative estimate of drug-likeness (QED) is 0.124. The first kappa shape index (κ1) is 30.5. The summed E-state index contributed by atoms with van der Waals surface area (Å²) in [5.74, 6) is 0. The SMILES string of the molecule is Cc1ccc(-c2c3nc(c4ccc([nH]4)c(-c4ccc(C)cc4)c4cc([N+](=O)[O-])c([nH]4)c(-c4ccc(C)cc4)c4ccc2[nH]4)C=C3[N+](=O)[O-])cc1. The van der Waals surface area contributed by atoms with Gasteiger partial charge in [-0.1, -0.05) is 89.5 Å². The molecule has 0 fully saturated rings. The molecule has 0 aliphatic carbocycles. The maximum Gasteiger partial charge on any atom is 0.297 e. The van der Waals surface area contributed by atoms with E-state index in [0.717, 1.165) is 33.4 Å². The molecule has 3 aromatic carbocycles. The van der Waals surface area contributed by atoms with Crippen LogP contribution in [0.4, 0.5) is 5.69 Å². The van der Waals surface area contributed by atoms with Crippen LogP contribution >= 0.6 is 0 Å². The predicted octanol–water partition coefficient (Wildman–Crippen LogP) is 10.1. The maximum absolute atomic E-state index is 12.8. The monoisotopic (exact) mass is 658 g/mol. The third-order valence-electron chi connectivity index (χ3n) is 9.17. The molecule has 8 bridgehead atoms. The molecule has 0 atom stereocenters. The van der Waals surface area contributed by atoms with E-state index < -0.39 is 4.92 Å². The number of hydrogen-bond acceptors (Lipinski definition) is 5. The Labute approximate surface area is 285 Å². The van der Waals surface area contributed by atoms with Gasteiger partial charge in [0.1, 0.15) is 5.52 Å². The van der Waals surface area contributed by atoms with Crippen LogP contribution in [0.1, 0.15) is 28.1 Å². The average Bonchev–Trinajstić information content (AvgIpc) is 3.92. The molecule has 0 spiro atoms. The van der Waals surface area contributed by atoms with Gasteiger partial charge in [-0.05, 0) is 61.7 Å². The van der Waals surface area contributed by atoms with Gasteiger partial charge in [-0.15, -0.1) is 0 Å². The molecule has 0 saturated heterocycles. The number of rotatable bonds is 5. The molecule has 10 nitrogen and oxygen atoms in total. The van der Waals surface area contributed by atoms with Crippen molar-refractivity contribution in [2.24, 2.45) is 0 Å². The molecule has 0 amide bonds. The molecular weight excluding hydrogens is 628 g/mol. The summed E-state index contributed by atoms with van der Waals surface area (Å²) in [6, 6.07) is 32.4. The van der Waals surface area contributed by atoms with Crippen LogP contribution < -0.4 is 0 Å². The Morgan fingerprint density at radius 1 is 0.520 bits per heavy atom. The van der Waals surface area contributed by atoms with Crippen LogP contribution in [-0.2, 0) is 0 Å². The topological polar surface area (TPSA) is 147 Å². The van der Waals surface area contributed by atoms with Crippen molar-refractivity contribution in [1.29, 1.82) is 0 Å². The summed E-state index contributed by atoms with van der Waals surface area (Å²) in [6.45, 7) is 5.96. The third-order valence-corrected chi connectivity index (χ3v) is 9.17. The fraction of sp³-hybridized carbons (Fsp3) is 0.0750. The molecule has 0 saturated carbocycles. The van der Waals surface area contributed by atoms with Gasteiger partial charge < -0.3 is 15.0 Å². The molecule has 4 aromatic heterocycles. The second-order valence-corrected chi connectivity index (χ2v) is 12.6. The summed E-state index contributed by atoms with van der Waals surface area (Å²) in [7, 11) is 0. The molecule has 8 rings (SSSR count). The Kier molecular flexibility index (Phi) is 7.15. The zero-order valence-electron chi connectivity index (χ0n) is 27.4. The van der Waals surface area contributed by atoms with Crippen molar-refractivity contribution in [3.8, 4) is 33.4 Å². The molecule has 50 heavy (non-hydrogen) atoms. The van der Waals surface area contributed by atoms with Gasteiger partial charge in [-0.3, -0.25) is 20.2 Å². The van der Waals surface area contributed by atoms with Crippen LogP contribution in [0.15, 0.2) is 103 Å². The lowest BCUT2D eigenvalue weighted by Gasteiger charge is -2.06. The van der Waals surface area contributed by atoms with Crippen molar-refractivity contribution in [3.63, 3.8) is 0 Å². The molecule has 0 unspecified atom stereocenters. The molecule has 1 aliphatic heterocycles. The number of benzene rings is 3. The number of nitro groups is 2. The summed E-state index contributed by atoms with van der Waals surface area (Å²) >= 11 is 0. The second-order valence-electron chi connectivity index (χ2n) is 12.6. The Bertz CT molecular complexity index is 2660. The van der Waals surface area contributed by atoms with Crippen molar-refractivity contribution >= 4 is 50.6 Å². The van der Waals surface area contributed by atoms with E-state index in [2.05, 4.69) is 15.0 Å². The van der Waals surface area contributed by atoms with Gasteiger partial charge in [0, 0.05) is 45.4 Å². The lowest BCUT2D eigenvalue weighted by Crippen LogP contribution is -1.98. The normalized spacial score (nSPS) is 11.9. The smallest absolute Gasteiger partial charge is 0.297 e. The Morgan fingerprint density at radius 2 is 0.980 bits per heavy atom. The van der Waals surface area contributed by atoms with Gasteiger partial charge in [0.25, 0.3) is 11.4 Å². The number of nitrogens with zero attached hydrogens (tertiary/aromatic N) is 3. The fourth-order valence-electron chi connectivity index (χ4n) is 6.63. The highest BCUT2D eigenvalue weighted by Gasteiger charge is 2.28. The maximum atomic E-state index is 12.8. The van der Waals surface area contributed by atoms with Crippen molar-refractivity contribution in [2.45, 2.75) is 20.8 Å². The second kappa shape index (κ2) is 11.7. The highest BCUT2D eigenvalue weighted by Crippen LogP contribution is 2.40. The van der Waals surface area contributed by atoms with Gasteiger partial charge in [-0.2, -0.15) is 0 Å². The summed E-state index contributed by atoms with van der Waals surface area (Å²) in [5, 5.41) is 25.5. The van der Waals surface area contributed by atoms with Gasteiger partial charge in [0.2, 0.25) is 0 Å². The minimum atomic E-state index is -0.409. The van der Waals surface area contributed by atoms with Gasteiger partial charge in [0.05, 0.1) is 26.6 Å². The molecule has 10 heteroatoms. The van der Waals surface area contributed by atoms with Gasteiger partial charge in [-0.25, -0.2) is 4.98 Å². The Hall–Kier alpha value is -6.81. The molecule has 1 aliphatic rings. The zero-order valence-corrected chi connectivity index (χ0v) is 27.4. The first-order chi connectivity index (χ1) is 24.1. The van der Waals surface area contributed by atoms with Crippen LogP contribution in [0.3, 0.4) is 0 Å². The van der Waals surface area contributed by atoms with Crippen molar-refractivity contribution in [3.05, 3.63) is 151 Å². The summed E-state index contributed by atoms with van der Waals surface area (Å²) < 4.78 is 0. The highest BCUT2D eigenvalue weighted by atomic mass is 16.6. The number of aromatic nitrogens is 4. The minimum Gasteiger partial charge on any atom is -0.354 e. The molecular formula is C40H30N6O4. The molecule has 244 valence electrons. The number of H-pyrrole nitrogens is 3. The van der Waals surface area contributed by atoms with Crippen LogP contribution in [-0.4, -0.2) is 29.8 Å². The zero-order chi connectivity index (χ0) is 34.7. The van der Waals surface area contributed by atoms with Crippen LogP contribution in [0.2, 0.25) is 0 Å². The number of aryl methyl sites for hydroxylation is 3. The predicted molar refractivity (Wildman–Crippen MR) is 198 cm³/mol. The summed E-state index contributed by atoms with van der Waals surface area (Å²) in [6.07, 6.45) is 1.49. The average molecular weight is 659 g/mol. The fourth-order valence-corrected chi connectivity index (χ4v) is 6.63.